The van der Waals surface area contributed by atoms with Crippen molar-refractivity contribution in [1.82, 2.24) is 14.8 Å². The van der Waals surface area contributed by atoms with Gasteiger partial charge in [-0.25, -0.2) is 0 Å². The molecule has 110 valence electrons. The summed E-state index contributed by atoms with van der Waals surface area (Å²) in [6, 6.07) is 0. The van der Waals surface area contributed by atoms with Crippen LogP contribution >= 0.6 is 11.8 Å². The molecule has 0 spiro atoms. The topological polar surface area (TPSA) is 68.0 Å². The zero-order valence-corrected chi connectivity index (χ0v) is 12.8. The van der Waals surface area contributed by atoms with E-state index < -0.39 is 5.97 Å². The lowest BCUT2D eigenvalue weighted by Gasteiger charge is -2.16. The predicted molar refractivity (Wildman–Crippen MR) is 76.8 cm³/mol. The van der Waals surface area contributed by atoms with E-state index >= 15 is 0 Å². The third-order valence-corrected chi connectivity index (χ3v) is 5.18. The maximum atomic E-state index is 10.7. The van der Waals surface area contributed by atoms with Crippen LogP contribution in [0.4, 0.5) is 0 Å². The van der Waals surface area contributed by atoms with Crippen LogP contribution in [0.3, 0.4) is 0 Å². The number of rotatable bonds is 6. The largest absolute Gasteiger partial charge is 0.481 e. The van der Waals surface area contributed by atoms with Crippen molar-refractivity contribution in [3.05, 3.63) is 5.82 Å². The second kappa shape index (κ2) is 5.39. The van der Waals surface area contributed by atoms with E-state index in [1.165, 1.54) is 31.0 Å². The Morgan fingerprint density at radius 1 is 1.35 bits per heavy atom. The van der Waals surface area contributed by atoms with Crippen LogP contribution in [-0.2, 0) is 11.3 Å². The highest BCUT2D eigenvalue weighted by atomic mass is 32.2. The van der Waals surface area contributed by atoms with E-state index in [-0.39, 0.29) is 5.75 Å². The summed E-state index contributed by atoms with van der Waals surface area (Å²) in [6.07, 6.45) is 3.88. The highest BCUT2D eigenvalue weighted by Crippen LogP contribution is 2.57. The number of hydrogen-bond acceptors (Lipinski definition) is 4. The Morgan fingerprint density at radius 2 is 2.05 bits per heavy atom. The van der Waals surface area contributed by atoms with Crippen molar-refractivity contribution in [2.24, 2.45) is 17.8 Å². The van der Waals surface area contributed by atoms with E-state index in [9.17, 15) is 4.79 Å². The first kappa shape index (κ1) is 13.9. The first-order valence-electron chi connectivity index (χ1n) is 7.32. The van der Waals surface area contributed by atoms with Crippen molar-refractivity contribution in [3.8, 4) is 0 Å². The smallest absolute Gasteiger partial charge is 0.313 e. The lowest BCUT2D eigenvalue weighted by atomic mass is 10.0. The number of carboxylic acids is 1. The maximum Gasteiger partial charge on any atom is 0.313 e. The summed E-state index contributed by atoms with van der Waals surface area (Å²) in [7, 11) is 0. The minimum atomic E-state index is -0.808. The van der Waals surface area contributed by atoms with Gasteiger partial charge in [0.25, 0.3) is 0 Å². The molecule has 1 aromatic rings. The molecule has 20 heavy (non-hydrogen) atoms. The molecule has 0 aromatic carbocycles. The van der Waals surface area contributed by atoms with Gasteiger partial charge in [0, 0.05) is 12.5 Å². The van der Waals surface area contributed by atoms with Gasteiger partial charge in [-0.3, -0.25) is 4.79 Å². The summed E-state index contributed by atoms with van der Waals surface area (Å²) >= 11 is 1.28. The minimum absolute atomic E-state index is 0.0478. The molecule has 3 rings (SSSR count). The van der Waals surface area contributed by atoms with Crippen molar-refractivity contribution in [3.63, 3.8) is 0 Å². The van der Waals surface area contributed by atoms with Crippen LogP contribution < -0.4 is 0 Å². The highest BCUT2D eigenvalue weighted by Gasteiger charge is 2.47. The number of thioether (sulfide) groups is 1. The van der Waals surface area contributed by atoms with Crippen LogP contribution in [0.15, 0.2) is 5.16 Å². The molecule has 1 heterocycles. The molecular weight excluding hydrogens is 274 g/mol. The predicted octanol–water partition coefficient (Wildman–Crippen LogP) is 2.62. The molecular formula is C14H21N3O2S. The van der Waals surface area contributed by atoms with E-state index in [1.54, 1.807) is 0 Å². The fraction of sp³-hybridized carbons (Fsp3) is 0.786. The summed E-state index contributed by atoms with van der Waals surface area (Å²) in [6.45, 7) is 5.21. The molecule has 1 N–H and O–H groups in total. The number of fused-ring (bicyclic) bond motifs is 1. The number of aromatic nitrogens is 3. The lowest BCUT2D eigenvalue weighted by molar-refractivity contribution is -0.133. The van der Waals surface area contributed by atoms with Gasteiger partial charge < -0.3 is 9.67 Å². The third-order valence-electron chi connectivity index (χ3n) is 4.23. The molecule has 1 aromatic heterocycles. The first-order chi connectivity index (χ1) is 9.54. The zero-order chi connectivity index (χ0) is 14.3. The number of hydrogen-bond donors (Lipinski definition) is 1. The monoisotopic (exact) mass is 295 g/mol. The Balaban J connectivity index is 1.79. The SMILES string of the molecule is CC(C)Cn1c(SCC(=O)O)nnc1C1CC2CC2C1. The Kier molecular flexibility index (Phi) is 3.75. The van der Waals surface area contributed by atoms with Gasteiger partial charge in [0.2, 0.25) is 0 Å². The van der Waals surface area contributed by atoms with Crippen LogP contribution in [0, 0.1) is 17.8 Å². The van der Waals surface area contributed by atoms with Crippen molar-refractivity contribution in [2.75, 3.05) is 5.75 Å². The molecule has 0 bridgehead atoms. The van der Waals surface area contributed by atoms with Gasteiger partial charge in [0.15, 0.2) is 5.16 Å². The normalized spacial score (nSPS) is 27.9. The Hall–Kier alpha value is -1.04. The fourth-order valence-corrected chi connectivity index (χ4v) is 3.97. The molecule has 0 radical (unpaired) electrons. The van der Waals surface area contributed by atoms with Crippen LogP contribution in [0.5, 0.6) is 0 Å². The van der Waals surface area contributed by atoms with Gasteiger partial charge in [-0.15, -0.1) is 10.2 Å². The van der Waals surface area contributed by atoms with Crippen LogP contribution in [0.1, 0.15) is 44.9 Å². The lowest BCUT2D eigenvalue weighted by Crippen LogP contribution is -2.13. The second-order valence-corrected chi connectivity index (χ2v) is 7.39. The molecule has 2 saturated carbocycles. The minimum Gasteiger partial charge on any atom is -0.481 e. The molecule has 6 heteroatoms. The summed E-state index contributed by atoms with van der Waals surface area (Å²) in [5.41, 5.74) is 0. The van der Waals surface area contributed by atoms with Crippen molar-refractivity contribution >= 4 is 17.7 Å². The fourth-order valence-electron chi connectivity index (χ4n) is 3.30. The third kappa shape index (κ3) is 2.85. The van der Waals surface area contributed by atoms with E-state index in [0.29, 0.717) is 11.8 Å². The Labute approximate surface area is 123 Å². The first-order valence-corrected chi connectivity index (χ1v) is 8.30. The Morgan fingerprint density at radius 3 is 2.65 bits per heavy atom. The van der Waals surface area contributed by atoms with E-state index in [4.69, 9.17) is 5.11 Å². The van der Waals surface area contributed by atoms with Gasteiger partial charge in [0.1, 0.15) is 5.82 Å². The summed E-state index contributed by atoms with van der Waals surface area (Å²) < 4.78 is 2.16. The van der Waals surface area contributed by atoms with Gasteiger partial charge in [-0.1, -0.05) is 25.6 Å². The molecule has 2 atom stereocenters. The van der Waals surface area contributed by atoms with Gasteiger partial charge in [0.05, 0.1) is 5.75 Å². The molecule has 2 fully saturated rings. The average Bonchev–Trinajstić information content (AvgIpc) is 2.82. The quantitative estimate of drug-likeness (QED) is 0.817. The molecule has 0 aliphatic heterocycles. The summed E-state index contributed by atoms with van der Waals surface area (Å²) in [5.74, 6) is 3.19. The highest BCUT2D eigenvalue weighted by molar-refractivity contribution is 7.99. The van der Waals surface area contributed by atoms with Crippen LogP contribution in [0.25, 0.3) is 0 Å². The number of nitrogens with zero attached hydrogens (tertiary/aromatic N) is 3. The second-order valence-electron chi connectivity index (χ2n) is 6.45. The molecule has 2 aliphatic rings. The average molecular weight is 295 g/mol. The standard InChI is InChI=1S/C14H21N3O2S/c1-8(2)6-17-13(11-4-9-3-10(9)5-11)15-16-14(17)20-7-12(18)19/h8-11H,3-7H2,1-2H3,(H,18,19). The maximum absolute atomic E-state index is 10.7. The number of aliphatic carboxylic acids is 1. The van der Waals surface area contributed by atoms with Crippen molar-refractivity contribution < 1.29 is 9.90 Å². The molecule has 2 aliphatic carbocycles. The van der Waals surface area contributed by atoms with E-state index in [1.807, 2.05) is 0 Å². The number of carboxylic acid groups (broad SMARTS) is 1. The van der Waals surface area contributed by atoms with E-state index in [0.717, 1.165) is 29.4 Å². The van der Waals surface area contributed by atoms with Gasteiger partial charge in [-0.2, -0.15) is 0 Å². The van der Waals surface area contributed by atoms with E-state index in [2.05, 4.69) is 28.6 Å². The van der Waals surface area contributed by atoms with Crippen LogP contribution in [-0.4, -0.2) is 31.6 Å². The molecule has 2 unspecified atom stereocenters. The van der Waals surface area contributed by atoms with Crippen LogP contribution in [0.2, 0.25) is 0 Å². The van der Waals surface area contributed by atoms with Gasteiger partial charge >= 0.3 is 5.97 Å². The van der Waals surface area contributed by atoms with Crippen molar-refractivity contribution in [1.29, 1.82) is 0 Å². The number of carbonyl (C=O) groups is 1. The zero-order valence-electron chi connectivity index (χ0n) is 12.0. The van der Waals surface area contributed by atoms with Gasteiger partial charge in [-0.05, 0) is 37.0 Å². The molecule has 5 nitrogen and oxygen atoms in total. The molecule has 0 saturated heterocycles. The van der Waals surface area contributed by atoms with Crippen molar-refractivity contribution in [2.45, 2.75) is 50.7 Å². The Bertz CT molecular complexity index is 505. The summed E-state index contributed by atoms with van der Waals surface area (Å²) in [5, 5.41) is 18.2. The summed E-state index contributed by atoms with van der Waals surface area (Å²) in [4.78, 5) is 10.7. The molecule has 0 amide bonds.